The Labute approximate surface area is 144 Å². The van der Waals surface area contributed by atoms with Crippen LogP contribution in [0.3, 0.4) is 0 Å². The van der Waals surface area contributed by atoms with E-state index in [1.54, 1.807) is 6.07 Å². The molecule has 1 fully saturated rings. The first-order valence-corrected chi connectivity index (χ1v) is 8.02. The van der Waals surface area contributed by atoms with Crippen LogP contribution in [0.25, 0.3) is 0 Å². The van der Waals surface area contributed by atoms with E-state index < -0.39 is 12.1 Å². The Morgan fingerprint density at radius 2 is 1.68 bits per heavy atom. The topological polar surface area (TPSA) is 49.9 Å². The van der Waals surface area contributed by atoms with Crippen LogP contribution in [0.5, 0.6) is 5.75 Å². The number of rotatable bonds is 3. The van der Waals surface area contributed by atoms with Gasteiger partial charge >= 0.3 is 12.1 Å². The smallest absolute Gasteiger partial charge is 0.471 e. The second-order valence-corrected chi connectivity index (χ2v) is 6.06. The molecule has 0 saturated carbocycles. The number of aryl methyl sites for hydroxylation is 2. The molecule has 1 saturated heterocycles. The van der Waals surface area contributed by atoms with E-state index >= 15 is 0 Å². The number of hydrogen-bond acceptors (Lipinski definition) is 3. The molecule has 138 valence electrons. The third-order valence-electron chi connectivity index (χ3n) is 4.22. The molecule has 1 aromatic carbocycles. The summed E-state index contributed by atoms with van der Waals surface area (Å²) in [5.41, 5.74) is 2.15. The van der Waals surface area contributed by atoms with Gasteiger partial charge in [0, 0.05) is 26.2 Å². The van der Waals surface area contributed by atoms with Crippen molar-refractivity contribution in [2.24, 2.45) is 0 Å². The number of carbonyl (C=O) groups excluding carboxylic acids is 2. The normalized spacial score (nSPS) is 15.7. The fourth-order valence-electron chi connectivity index (χ4n) is 2.59. The van der Waals surface area contributed by atoms with E-state index in [0.29, 0.717) is 18.7 Å². The van der Waals surface area contributed by atoms with Crippen LogP contribution >= 0.6 is 0 Å². The fraction of sp³-hybridized carbons (Fsp3) is 0.529. The maximum Gasteiger partial charge on any atom is 0.471 e. The van der Waals surface area contributed by atoms with Crippen molar-refractivity contribution >= 4 is 11.8 Å². The van der Waals surface area contributed by atoms with Crippen LogP contribution in [0.2, 0.25) is 0 Å². The minimum Gasteiger partial charge on any atom is -0.484 e. The Kier molecular flexibility index (Phi) is 5.92. The van der Waals surface area contributed by atoms with Crippen molar-refractivity contribution in [2.75, 3.05) is 32.8 Å². The Morgan fingerprint density at radius 1 is 1.04 bits per heavy atom. The molecular formula is C17H21F3N2O3. The van der Waals surface area contributed by atoms with Gasteiger partial charge in [0.15, 0.2) is 6.61 Å². The second-order valence-electron chi connectivity index (χ2n) is 6.06. The van der Waals surface area contributed by atoms with Gasteiger partial charge in [-0.15, -0.1) is 0 Å². The minimum absolute atomic E-state index is 0.0138. The van der Waals surface area contributed by atoms with Crippen molar-refractivity contribution < 1.29 is 27.5 Å². The fourth-order valence-corrected chi connectivity index (χ4v) is 2.59. The van der Waals surface area contributed by atoms with Crippen LogP contribution < -0.4 is 4.74 Å². The molecule has 0 atom stereocenters. The number of ether oxygens (including phenoxy) is 1. The summed E-state index contributed by atoms with van der Waals surface area (Å²) < 4.78 is 43.0. The SMILES string of the molecule is Cc1ccc(OCC(=O)N2CCCN(C(=O)C(F)(F)F)CC2)cc1C. The molecule has 2 rings (SSSR count). The molecule has 0 spiro atoms. The second kappa shape index (κ2) is 7.76. The number of nitrogens with zero attached hydrogens (tertiary/aromatic N) is 2. The molecule has 0 aromatic heterocycles. The van der Waals surface area contributed by atoms with Crippen molar-refractivity contribution in [3.63, 3.8) is 0 Å². The predicted octanol–water partition coefficient (Wildman–Crippen LogP) is 2.31. The standard InChI is InChI=1S/C17H21F3N2O3/c1-12-4-5-14(10-13(12)2)25-11-15(23)21-6-3-7-22(9-8-21)16(24)17(18,19)20/h4-5,10H,3,6-9,11H2,1-2H3. The summed E-state index contributed by atoms with van der Waals surface area (Å²) >= 11 is 0. The summed E-state index contributed by atoms with van der Waals surface area (Å²) in [5.74, 6) is -1.59. The number of hydrogen-bond donors (Lipinski definition) is 0. The van der Waals surface area contributed by atoms with E-state index in [1.807, 2.05) is 26.0 Å². The van der Waals surface area contributed by atoms with Gasteiger partial charge < -0.3 is 14.5 Å². The van der Waals surface area contributed by atoms with E-state index in [0.717, 1.165) is 16.0 Å². The molecule has 0 bridgehead atoms. The lowest BCUT2D eigenvalue weighted by molar-refractivity contribution is -0.185. The van der Waals surface area contributed by atoms with Crippen LogP contribution in [0, 0.1) is 13.8 Å². The van der Waals surface area contributed by atoms with Crippen LogP contribution in [0.15, 0.2) is 18.2 Å². The Bertz CT molecular complexity index is 647. The molecular weight excluding hydrogens is 337 g/mol. The first-order valence-electron chi connectivity index (χ1n) is 8.02. The summed E-state index contributed by atoms with van der Waals surface area (Å²) in [4.78, 5) is 25.7. The van der Waals surface area contributed by atoms with Crippen LogP contribution in [0.4, 0.5) is 13.2 Å². The highest BCUT2D eigenvalue weighted by Gasteiger charge is 2.42. The van der Waals surface area contributed by atoms with Crippen molar-refractivity contribution in [3.05, 3.63) is 29.3 Å². The molecule has 1 aliphatic rings. The lowest BCUT2D eigenvalue weighted by Crippen LogP contribution is -2.44. The minimum atomic E-state index is -4.88. The summed E-state index contributed by atoms with van der Waals surface area (Å²) in [5, 5.41) is 0. The summed E-state index contributed by atoms with van der Waals surface area (Å²) in [6.45, 7) is 3.94. The highest BCUT2D eigenvalue weighted by molar-refractivity contribution is 5.82. The third kappa shape index (κ3) is 5.11. The predicted molar refractivity (Wildman–Crippen MR) is 85.2 cm³/mol. The molecule has 0 unspecified atom stereocenters. The van der Waals surface area contributed by atoms with Gasteiger partial charge in [-0.1, -0.05) is 6.07 Å². The van der Waals surface area contributed by atoms with Crippen molar-refractivity contribution in [3.8, 4) is 5.75 Å². The highest BCUT2D eigenvalue weighted by Crippen LogP contribution is 2.20. The summed E-state index contributed by atoms with van der Waals surface area (Å²) in [6, 6.07) is 5.48. The first kappa shape index (κ1) is 19.1. The Hall–Kier alpha value is -2.25. The molecule has 1 heterocycles. The lowest BCUT2D eigenvalue weighted by Gasteiger charge is -2.23. The van der Waals surface area contributed by atoms with Gasteiger partial charge in [0.1, 0.15) is 5.75 Å². The van der Waals surface area contributed by atoms with Gasteiger partial charge in [0.05, 0.1) is 0 Å². The number of halogens is 3. The van der Waals surface area contributed by atoms with Crippen molar-refractivity contribution in [1.29, 1.82) is 0 Å². The maximum atomic E-state index is 12.5. The van der Waals surface area contributed by atoms with Gasteiger partial charge in [-0.3, -0.25) is 9.59 Å². The number of alkyl halides is 3. The summed E-state index contributed by atoms with van der Waals surface area (Å²) in [7, 11) is 0. The van der Waals surface area contributed by atoms with E-state index in [4.69, 9.17) is 4.74 Å². The van der Waals surface area contributed by atoms with Gasteiger partial charge in [-0.25, -0.2) is 0 Å². The molecule has 2 amide bonds. The number of amides is 2. The van der Waals surface area contributed by atoms with Crippen LogP contribution in [0.1, 0.15) is 17.5 Å². The van der Waals surface area contributed by atoms with Gasteiger partial charge in [0.25, 0.3) is 5.91 Å². The van der Waals surface area contributed by atoms with Gasteiger partial charge in [0.2, 0.25) is 0 Å². The Morgan fingerprint density at radius 3 is 2.32 bits per heavy atom. The molecule has 0 radical (unpaired) electrons. The molecule has 0 aliphatic carbocycles. The van der Waals surface area contributed by atoms with Crippen molar-refractivity contribution in [1.82, 2.24) is 9.80 Å². The largest absolute Gasteiger partial charge is 0.484 e. The molecule has 1 aromatic rings. The molecule has 25 heavy (non-hydrogen) atoms. The van der Waals surface area contributed by atoms with E-state index in [2.05, 4.69) is 0 Å². The molecule has 5 nitrogen and oxygen atoms in total. The van der Waals surface area contributed by atoms with Gasteiger partial charge in [-0.2, -0.15) is 13.2 Å². The van der Waals surface area contributed by atoms with Crippen LogP contribution in [-0.2, 0) is 9.59 Å². The zero-order valence-corrected chi connectivity index (χ0v) is 14.2. The average molecular weight is 358 g/mol. The number of carbonyl (C=O) groups is 2. The van der Waals surface area contributed by atoms with Gasteiger partial charge in [-0.05, 0) is 43.5 Å². The first-order chi connectivity index (χ1) is 11.7. The summed E-state index contributed by atoms with van der Waals surface area (Å²) in [6.07, 6.45) is -4.58. The maximum absolute atomic E-state index is 12.5. The Balaban J connectivity index is 1.88. The quantitative estimate of drug-likeness (QED) is 0.833. The number of benzene rings is 1. The zero-order chi connectivity index (χ0) is 18.6. The molecule has 8 heteroatoms. The monoisotopic (exact) mass is 358 g/mol. The van der Waals surface area contributed by atoms with Crippen LogP contribution in [-0.4, -0.2) is 60.6 Å². The highest BCUT2D eigenvalue weighted by atomic mass is 19.4. The van der Waals surface area contributed by atoms with Crippen molar-refractivity contribution in [2.45, 2.75) is 26.4 Å². The molecule has 0 N–H and O–H groups in total. The van der Waals surface area contributed by atoms with E-state index in [1.165, 1.54) is 4.90 Å². The average Bonchev–Trinajstić information content (AvgIpc) is 2.80. The zero-order valence-electron chi connectivity index (χ0n) is 14.2. The third-order valence-corrected chi connectivity index (χ3v) is 4.22. The molecule has 1 aliphatic heterocycles. The lowest BCUT2D eigenvalue weighted by atomic mass is 10.1. The van der Waals surface area contributed by atoms with E-state index in [9.17, 15) is 22.8 Å². The van der Waals surface area contributed by atoms with E-state index in [-0.39, 0.29) is 32.1 Å².